The molecular formula is C59H62N3OPt-. The van der Waals surface area contributed by atoms with E-state index in [0.717, 1.165) is 5.56 Å². The van der Waals surface area contributed by atoms with Crippen molar-refractivity contribution in [3.05, 3.63) is 166 Å². The van der Waals surface area contributed by atoms with E-state index in [1.807, 2.05) is 84.0 Å². The van der Waals surface area contributed by atoms with Crippen molar-refractivity contribution in [1.82, 2.24) is 14.5 Å². The summed E-state index contributed by atoms with van der Waals surface area (Å²) in [5.74, 6) is -1.92. The van der Waals surface area contributed by atoms with E-state index in [0.29, 0.717) is 61.1 Å². The summed E-state index contributed by atoms with van der Waals surface area (Å²) in [6.45, 7) is 15.1. The van der Waals surface area contributed by atoms with Crippen molar-refractivity contribution >= 4 is 11.0 Å². The average molecular weight is 1040 g/mol. The maximum Gasteiger partial charge on any atom is 0.148 e. The van der Waals surface area contributed by atoms with E-state index < -0.39 is 95.4 Å². The van der Waals surface area contributed by atoms with Gasteiger partial charge in [0.15, 0.2) is 0 Å². The van der Waals surface area contributed by atoms with Gasteiger partial charge in [0.2, 0.25) is 0 Å². The van der Waals surface area contributed by atoms with Crippen LogP contribution in [-0.4, -0.2) is 19.6 Å². The van der Waals surface area contributed by atoms with Crippen molar-refractivity contribution in [3.63, 3.8) is 0 Å². The number of phenolic OH excluding ortho intramolecular Hbond substituents is 1. The van der Waals surface area contributed by atoms with Gasteiger partial charge < -0.3 is 5.11 Å². The first-order valence-electron chi connectivity index (χ1n) is 28.6. The molecule has 0 bridgehead atoms. The first-order valence-corrected chi connectivity index (χ1v) is 21.1. The van der Waals surface area contributed by atoms with Gasteiger partial charge in [0, 0.05) is 43.9 Å². The Kier molecular flexibility index (Phi) is 8.48. The average Bonchev–Trinajstić information content (AvgIpc) is 3.75. The number of para-hydroxylation sites is 1. The van der Waals surface area contributed by atoms with Crippen molar-refractivity contribution in [2.75, 3.05) is 0 Å². The van der Waals surface area contributed by atoms with Crippen molar-refractivity contribution in [1.29, 1.82) is 0 Å². The number of nitrogens with zero attached hydrogens (tertiary/aromatic N) is 3. The van der Waals surface area contributed by atoms with E-state index in [2.05, 4.69) is 11.1 Å². The number of pyridine rings is 1. The first-order chi connectivity index (χ1) is 35.7. The van der Waals surface area contributed by atoms with Gasteiger partial charge in [0.25, 0.3) is 0 Å². The molecule has 0 spiro atoms. The molecule has 0 saturated heterocycles. The van der Waals surface area contributed by atoms with Gasteiger partial charge >= 0.3 is 0 Å². The van der Waals surface area contributed by atoms with Crippen LogP contribution in [0.3, 0.4) is 0 Å². The summed E-state index contributed by atoms with van der Waals surface area (Å²) in [5, 5.41) is 12.1. The van der Waals surface area contributed by atoms with Crippen molar-refractivity contribution in [2.45, 2.75) is 112 Å². The smallest absolute Gasteiger partial charge is 0.148 e. The van der Waals surface area contributed by atoms with Gasteiger partial charge in [-0.3, -0.25) is 9.55 Å². The van der Waals surface area contributed by atoms with Gasteiger partial charge in [0.05, 0.1) is 31.9 Å². The van der Waals surface area contributed by atoms with E-state index >= 15 is 0 Å². The SMILES string of the molecule is [2H]c1nc(-c2[c-]c(-c3cccc4c3nc(-c3cc(C(C)(C)C)cc(C)c3O)n4-c3ccc(-c4cc(C([2H])(C)C)cc(C([2H])(C)C)c4)cc3C([2H])([2H])[2H])cc(C(C)(C)C)c2)c([2H])c(-c2c([2H])c([2H])c(C([2H])([2H])[2H])c([2H])c2[2H])c1[2H].[Pt]. The first kappa shape index (κ1) is 30.5. The predicted molar refractivity (Wildman–Crippen MR) is 266 cm³/mol. The fourth-order valence-corrected chi connectivity index (χ4v) is 7.69. The molecule has 0 aliphatic rings. The molecule has 0 unspecified atom stereocenters. The van der Waals surface area contributed by atoms with E-state index in [-0.39, 0.29) is 55.1 Å². The minimum Gasteiger partial charge on any atom is -0.507 e. The van der Waals surface area contributed by atoms with Gasteiger partial charge in [-0.15, -0.1) is 29.3 Å². The largest absolute Gasteiger partial charge is 0.507 e. The number of imidazole rings is 1. The Balaban J connectivity index is 0.00000903. The predicted octanol–water partition coefficient (Wildman–Crippen LogP) is 16.0. The van der Waals surface area contributed by atoms with E-state index in [9.17, 15) is 6.48 Å². The number of hydrogen-bond acceptors (Lipinski definition) is 3. The van der Waals surface area contributed by atoms with Crippen LogP contribution in [0.5, 0.6) is 5.75 Å². The molecule has 6 aromatic carbocycles. The van der Waals surface area contributed by atoms with Gasteiger partial charge in [-0.1, -0.05) is 159 Å². The molecular weight excluding hydrogens is 962 g/mol. The minimum absolute atomic E-state index is 0. The fraction of sp³-hybridized carbons (Fsp3) is 0.288. The third-order valence-corrected chi connectivity index (χ3v) is 11.5. The van der Waals surface area contributed by atoms with Gasteiger partial charge in [-0.2, -0.15) is 0 Å². The molecule has 330 valence electrons. The monoisotopic (exact) mass is 1040 g/mol. The molecule has 5 heteroatoms. The summed E-state index contributed by atoms with van der Waals surface area (Å²) in [4.78, 5) is 9.71. The zero-order chi connectivity index (χ0) is 58.1. The second-order valence-electron chi connectivity index (χ2n) is 18.8. The maximum absolute atomic E-state index is 12.1. The molecule has 2 heterocycles. The molecule has 0 atom stereocenters. The topological polar surface area (TPSA) is 50.9 Å². The normalized spacial score (nSPS) is 16.1. The molecule has 8 aromatic rings. The number of fused-ring (bicyclic) bond motifs is 1. The number of aryl methyl sites for hydroxylation is 2. The molecule has 0 fully saturated rings. The maximum atomic E-state index is 12.1. The summed E-state index contributed by atoms with van der Waals surface area (Å²) in [6, 6.07) is 22.4. The summed E-state index contributed by atoms with van der Waals surface area (Å²) >= 11 is 0. The molecule has 0 saturated carbocycles. The van der Waals surface area contributed by atoms with E-state index in [4.69, 9.17) is 24.2 Å². The second-order valence-corrected chi connectivity index (χ2v) is 18.8. The van der Waals surface area contributed by atoms with Gasteiger partial charge in [-0.05, 0) is 124 Å². The van der Waals surface area contributed by atoms with Crippen LogP contribution < -0.4 is 0 Å². The number of rotatable bonds is 8. The molecule has 0 amide bonds. The Morgan fingerprint density at radius 3 is 2.00 bits per heavy atom. The van der Waals surface area contributed by atoms with Crippen LogP contribution in [0, 0.1) is 26.7 Å². The Hall–Kier alpha value is -5.57. The molecule has 0 radical (unpaired) electrons. The minimum atomic E-state index is -3.01. The van der Waals surface area contributed by atoms with Crippen LogP contribution in [-0.2, 0) is 31.9 Å². The Bertz CT molecular complexity index is 3700. The van der Waals surface area contributed by atoms with Crippen molar-refractivity contribution in [2.24, 2.45) is 0 Å². The Morgan fingerprint density at radius 1 is 0.688 bits per heavy atom. The van der Waals surface area contributed by atoms with Crippen LogP contribution in [0.4, 0.5) is 0 Å². The number of benzene rings is 6. The molecule has 8 rings (SSSR count). The van der Waals surface area contributed by atoms with Crippen LogP contribution in [0.1, 0.15) is 141 Å². The van der Waals surface area contributed by atoms with Crippen LogP contribution in [0.25, 0.3) is 72.7 Å². The van der Waals surface area contributed by atoms with Gasteiger partial charge in [-0.25, -0.2) is 4.98 Å². The number of aromatic nitrogens is 3. The number of hydrogen-bond donors (Lipinski definition) is 1. The zero-order valence-corrected chi connectivity index (χ0v) is 40.4. The zero-order valence-electron chi connectivity index (χ0n) is 53.1. The molecule has 2 aromatic heterocycles. The molecule has 0 aliphatic carbocycles. The standard InChI is InChI=1S/C59H62N3O.Pt/c1-35(2)43-27-44(36(3)4)29-45(28-43)41-21-22-53(38(6)25-41)62-54-16-14-15-50(55(54)61-57(62)51-34-48(58(8,9)10)26-39(7)56(51)63)46-30-47(32-49(31-46)59(11,12)13)52-33-42(23-24-60-52)40-19-17-37(5)18-20-40;/h14-29,31-36,63H,1-13H3;/q-1;/i5D3,6D3,17D,18D,19D,20D,23D,24D,33D,35D,36D;. The number of aromatic hydroxyl groups is 1. The second kappa shape index (κ2) is 17.8. The fourth-order valence-electron chi connectivity index (χ4n) is 7.69. The summed E-state index contributed by atoms with van der Waals surface area (Å²) in [6.07, 6.45) is -0.647. The van der Waals surface area contributed by atoms with E-state index in [1.54, 1.807) is 75.6 Å². The molecule has 0 aliphatic heterocycles. The summed E-state index contributed by atoms with van der Waals surface area (Å²) < 4.78 is 133. The molecule has 4 nitrogen and oxygen atoms in total. The Morgan fingerprint density at radius 2 is 1.36 bits per heavy atom. The number of phenols is 1. The Labute approximate surface area is 417 Å². The van der Waals surface area contributed by atoms with Crippen molar-refractivity contribution < 1.29 is 46.7 Å². The molecule has 1 N–H and O–H groups in total. The van der Waals surface area contributed by atoms with Crippen LogP contribution >= 0.6 is 0 Å². The van der Waals surface area contributed by atoms with E-state index in [1.165, 1.54) is 0 Å². The van der Waals surface area contributed by atoms with Crippen LogP contribution in [0.2, 0.25) is 0 Å². The third kappa shape index (κ3) is 9.18. The van der Waals surface area contributed by atoms with Crippen LogP contribution in [0.15, 0.2) is 121 Å². The van der Waals surface area contributed by atoms with Crippen molar-refractivity contribution in [3.8, 4) is 67.5 Å². The summed E-state index contributed by atoms with van der Waals surface area (Å²) in [5.41, 5.74) is 4.16. The van der Waals surface area contributed by atoms with Gasteiger partial charge in [0.1, 0.15) is 11.6 Å². The molecule has 64 heavy (non-hydrogen) atoms. The summed E-state index contributed by atoms with van der Waals surface area (Å²) in [7, 11) is 0. The quantitative estimate of drug-likeness (QED) is 0.154. The third-order valence-electron chi connectivity index (χ3n) is 11.5.